The second-order valence-electron chi connectivity index (χ2n) is 6.29. The van der Waals surface area contributed by atoms with Crippen molar-refractivity contribution in [3.05, 3.63) is 71.8 Å². The van der Waals surface area contributed by atoms with Crippen molar-refractivity contribution in [1.82, 2.24) is 4.57 Å². The minimum atomic E-state index is -0.937. The average molecular weight is 361 g/mol. The third-order valence-electron chi connectivity index (χ3n) is 4.83. The first-order valence-electron chi connectivity index (χ1n) is 8.58. The summed E-state index contributed by atoms with van der Waals surface area (Å²) in [5.74, 6) is 0.412. The van der Waals surface area contributed by atoms with Gasteiger partial charge >= 0.3 is 5.97 Å². The maximum Gasteiger partial charge on any atom is 0.335 e. The monoisotopic (exact) mass is 361 g/mol. The van der Waals surface area contributed by atoms with E-state index in [2.05, 4.69) is 10.6 Å². The standard InChI is InChI=1S/C22H19NO4/c1-26-20-9-5-6-15(21(20)27-2)13-23-18-8-4-3-7-16(18)17-11-10-14(22(24)25)12-19(17)23/h3-12H,13H2,1-2H3,(H,24,25). The maximum absolute atomic E-state index is 11.5. The van der Waals surface area contributed by atoms with E-state index in [0.717, 1.165) is 27.4 Å². The second-order valence-corrected chi connectivity index (χ2v) is 6.29. The van der Waals surface area contributed by atoms with E-state index in [-0.39, 0.29) is 5.56 Å². The second kappa shape index (κ2) is 6.68. The number of hydrogen-bond donors (Lipinski definition) is 1. The van der Waals surface area contributed by atoms with Crippen molar-refractivity contribution in [3.63, 3.8) is 0 Å². The molecule has 0 radical (unpaired) electrons. The van der Waals surface area contributed by atoms with Crippen molar-refractivity contribution >= 4 is 27.8 Å². The summed E-state index contributed by atoms with van der Waals surface area (Å²) in [6.45, 7) is 0.535. The molecule has 3 aromatic carbocycles. The molecule has 0 saturated carbocycles. The fourth-order valence-corrected chi connectivity index (χ4v) is 3.60. The summed E-state index contributed by atoms with van der Waals surface area (Å²) in [6, 6.07) is 19.1. The Balaban J connectivity index is 1.97. The number of fused-ring (bicyclic) bond motifs is 3. The SMILES string of the molecule is COc1cccc(Cn2c3ccccc3c3ccc(C(=O)O)cc32)c1OC. The highest BCUT2D eigenvalue weighted by Crippen LogP contribution is 2.35. The quantitative estimate of drug-likeness (QED) is 0.566. The molecule has 1 N–H and O–H groups in total. The molecule has 0 unspecified atom stereocenters. The van der Waals surface area contributed by atoms with E-state index >= 15 is 0 Å². The molecular formula is C22H19NO4. The number of rotatable bonds is 5. The number of hydrogen-bond acceptors (Lipinski definition) is 3. The van der Waals surface area contributed by atoms with Crippen molar-refractivity contribution in [1.29, 1.82) is 0 Å². The number of carboxylic acids is 1. The molecule has 0 amide bonds. The van der Waals surface area contributed by atoms with Crippen LogP contribution in [0.5, 0.6) is 11.5 Å². The van der Waals surface area contributed by atoms with E-state index < -0.39 is 5.97 Å². The maximum atomic E-state index is 11.5. The summed E-state index contributed by atoms with van der Waals surface area (Å²) in [5, 5.41) is 11.5. The number of para-hydroxylation sites is 2. The van der Waals surface area contributed by atoms with Crippen LogP contribution in [0, 0.1) is 0 Å². The molecule has 4 aromatic rings. The highest BCUT2D eigenvalue weighted by atomic mass is 16.5. The average Bonchev–Trinajstić information content (AvgIpc) is 3.01. The molecule has 0 saturated heterocycles. The van der Waals surface area contributed by atoms with Crippen molar-refractivity contribution in [2.75, 3.05) is 14.2 Å². The number of nitrogens with zero attached hydrogens (tertiary/aromatic N) is 1. The Kier molecular flexibility index (Phi) is 4.20. The van der Waals surface area contributed by atoms with Crippen LogP contribution in [0.25, 0.3) is 21.8 Å². The molecule has 0 fully saturated rings. The van der Waals surface area contributed by atoms with Gasteiger partial charge in [-0.25, -0.2) is 4.79 Å². The van der Waals surface area contributed by atoms with Crippen LogP contribution in [0.3, 0.4) is 0 Å². The summed E-state index contributed by atoms with van der Waals surface area (Å²) in [4.78, 5) is 11.5. The van der Waals surface area contributed by atoms with Gasteiger partial charge in [0, 0.05) is 21.9 Å². The third-order valence-corrected chi connectivity index (χ3v) is 4.83. The molecule has 1 heterocycles. The van der Waals surface area contributed by atoms with Gasteiger partial charge in [0.05, 0.1) is 31.8 Å². The van der Waals surface area contributed by atoms with Gasteiger partial charge in [0.2, 0.25) is 0 Å². The molecule has 1 aromatic heterocycles. The number of carbonyl (C=O) groups is 1. The zero-order valence-electron chi connectivity index (χ0n) is 15.1. The summed E-state index contributed by atoms with van der Waals surface area (Å²) in [5.41, 5.74) is 3.14. The lowest BCUT2D eigenvalue weighted by Crippen LogP contribution is -2.04. The highest BCUT2D eigenvalue weighted by molar-refractivity contribution is 6.09. The van der Waals surface area contributed by atoms with Gasteiger partial charge < -0.3 is 19.1 Å². The molecule has 0 aliphatic heterocycles. The van der Waals surface area contributed by atoms with E-state index in [4.69, 9.17) is 9.47 Å². The molecule has 4 rings (SSSR count). The number of ether oxygens (including phenoxy) is 2. The fourth-order valence-electron chi connectivity index (χ4n) is 3.60. The molecular weight excluding hydrogens is 342 g/mol. The minimum absolute atomic E-state index is 0.268. The van der Waals surface area contributed by atoms with Crippen molar-refractivity contribution in [3.8, 4) is 11.5 Å². The Morgan fingerprint density at radius 3 is 2.44 bits per heavy atom. The minimum Gasteiger partial charge on any atom is -0.493 e. The van der Waals surface area contributed by atoms with E-state index in [9.17, 15) is 9.90 Å². The van der Waals surface area contributed by atoms with Crippen molar-refractivity contribution < 1.29 is 19.4 Å². The lowest BCUT2D eigenvalue weighted by atomic mass is 10.1. The predicted octanol–water partition coefficient (Wildman–Crippen LogP) is 4.56. The van der Waals surface area contributed by atoms with Crippen LogP contribution in [0.1, 0.15) is 15.9 Å². The van der Waals surface area contributed by atoms with Gasteiger partial charge in [-0.15, -0.1) is 0 Å². The number of aromatic carboxylic acids is 1. The fraction of sp³-hybridized carbons (Fsp3) is 0.136. The van der Waals surface area contributed by atoms with Crippen molar-refractivity contribution in [2.45, 2.75) is 6.54 Å². The molecule has 0 spiro atoms. The highest BCUT2D eigenvalue weighted by Gasteiger charge is 2.16. The third kappa shape index (κ3) is 2.77. The van der Waals surface area contributed by atoms with Gasteiger partial charge in [-0.2, -0.15) is 0 Å². The van der Waals surface area contributed by atoms with Crippen LogP contribution in [0.15, 0.2) is 60.7 Å². The molecule has 5 heteroatoms. The summed E-state index contributed by atoms with van der Waals surface area (Å²) in [6.07, 6.45) is 0. The van der Waals surface area contributed by atoms with Gasteiger partial charge in [-0.3, -0.25) is 0 Å². The Hall–Kier alpha value is -3.47. The van der Waals surface area contributed by atoms with Crippen LogP contribution in [0.2, 0.25) is 0 Å². The molecule has 5 nitrogen and oxygen atoms in total. The van der Waals surface area contributed by atoms with Gasteiger partial charge in [0.15, 0.2) is 11.5 Å². The van der Waals surface area contributed by atoms with Gasteiger partial charge in [0.25, 0.3) is 0 Å². The zero-order chi connectivity index (χ0) is 19.0. The van der Waals surface area contributed by atoms with Crippen LogP contribution >= 0.6 is 0 Å². The van der Waals surface area contributed by atoms with E-state index in [0.29, 0.717) is 18.0 Å². The number of benzene rings is 3. The molecule has 0 bridgehead atoms. The van der Waals surface area contributed by atoms with Crippen LogP contribution < -0.4 is 9.47 Å². The number of aromatic nitrogens is 1. The topological polar surface area (TPSA) is 60.7 Å². The molecule has 0 atom stereocenters. The molecule has 27 heavy (non-hydrogen) atoms. The molecule has 0 aliphatic carbocycles. The van der Waals surface area contributed by atoms with E-state index in [1.54, 1.807) is 26.4 Å². The lowest BCUT2D eigenvalue weighted by Gasteiger charge is -2.14. The first kappa shape index (κ1) is 17.0. The first-order chi connectivity index (χ1) is 13.1. The lowest BCUT2D eigenvalue weighted by molar-refractivity contribution is 0.0697. The summed E-state index contributed by atoms with van der Waals surface area (Å²) < 4.78 is 13.1. The first-order valence-corrected chi connectivity index (χ1v) is 8.58. The largest absolute Gasteiger partial charge is 0.493 e. The summed E-state index contributed by atoms with van der Waals surface area (Å²) in [7, 11) is 3.23. The number of methoxy groups -OCH3 is 2. The molecule has 136 valence electrons. The molecule has 0 aliphatic rings. The summed E-state index contributed by atoms with van der Waals surface area (Å²) >= 11 is 0. The van der Waals surface area contributed by atoms with E-state index in [1.807, 2.05) is 42.5 Å². The van der Waals surface area contributed by atoms with E-state index in [1.165, 1.54) is 0 Å². The zero-order valence-corrected chi connectivity index (χ0v) is 15.1. The Labute approximate surface area is 156 Å². The van der Waals surface area contributed by atoms with Crippen molar-refractivity contribution in [2.24, 2.45) is 0 Å². The van der Waals surface area contributed by atoms with Gasteiger partial charge in [0.1, 0.15) is 0 Å². The van der Waals surface area contributed by atoms with Crippen LogP contribution in [0.4, 0.5) is 0 Å². The van der Waals surface area contributed by atoms with Gasteiger partial charge in [-0.05, 0) is 24.3 Å². The Morgan fingerprint density at radius 1 is 0.926 bits per heavy atom. The van der Waals surface area contributed by atoms with Crippen LogP contribution in [-0.4, -0.2) is 29.9 Å². The predicted molar refractivity (Wildman–Crippen MR) is 105 cm³/mol. The Bertz CT molecular complexity index is 1160. The van der Waals surface area contributed by atoms with Crippen LogP contribution in [-0.2, 0) is 6.54 Å². The number of carboxylic acid groups (broad SMARTS) is 1. The Morgan fingerprint density at radius 2 is 1.70 bits per heavy atom. The normalized spacial score (nSPS) is 11.0. The smallest absolute Gasteiger partial charge is 0.335 e. The van der Waals surface area contributed by atoms with Gasteiger partial charge in [-0.1, -0.05) is 36.4 Å².